The molecule has 0 saturated carbocycles. The van der Waals surface area contributed by atoms with Crippen LogP contribution in [0.4, 0.5) is 0 Å². The molecule has 116 valence electrons. The molecule has 0 aliphatic heterocycles. The van der Waals surface area contributed by atoms with Crippen molar-refractivity contribution in [3.8, 4) is 0 Å². The molecule has 1 atom stereocenters. The molecular weight excluding hydrogens is 316 g/mol. The number of allylic oxidation sites excluding steroid dienone is 1. The molecule has 0 bridgehead atoms. The van der Waals surface area contributed by atoms with Crippen molar-refractivity contribution in [3.05, 3.63) is 112 Å². The summed E-state index contributed by atoms with van der Waals surface area (Å²) in [5.74, 6) is 0.0329. The number of ketones is 1. The summed E-state index contributed by atoms with van der Waals surface area (Å²) < 4.78 is 0. The van der Waals surface area contributed by atoms with Crippen molar-refractivity contribution in [2.45, 2.75) is 5.92 Å². The van der Waals surface area contributed by atoms with Gasteiger partial charge in [-0.15, -0.1) is 0 Å². The second-order valence-electron chi connectivity index (χ2n) is 5.88. The van der Waals surface area contributed by atoms with Crippen LogP contribution in [0.5, 0.6) is 0 Å². The Labute approximate surface area is 146 Å². The molecule has 3 aromatic rings. The molecule has 0 heterocycles. The first-order chi connectivity index (χ1) is 11.8. The van der Waals surface area contributed by atoms with Crippen molar-refractivity contribution in [2.24, 2.45) is 0 Å². The fraction of sp³-hybridized carbons (Fsp3) is 0.0455. The smallest absolute Gasteiger partial charge is 0.190 e. The van der Waals surface area contributed by atoms with Gasteiger partial charge in [0.15, 0.2) is 5.78 Å². The van der Waals surface area contributed by atoms with E-state index in [0.29, 0.717) is 5.02 Å². The number of hydrogen-bond acceptors (Lipinski definition) is 1. The summed E-state index contributed by atoms with van der Waals surface area (Å²) in [5.41, 5.74) is 4.61. The minimum atomic E-state index is -0.0498. The highest BCUT2D eigenvalue weighted by Gasteiger charge is 2.35. The van der Waals surface area contributed by atoms with Crippen molar-refractivity contribution < 1.29 is 4.79 Å². The van der Waals surface area contributed by atoms with Gasteiger partial charge < -0.3 is 0 Å². The first kappa shape index (κ1) is 14.9. The Bertz CT molecular complexity index is 941. The predicted molar refractivity (Wildman–Crippen MR) is 98.5 cm³/mol. The van der Waals surface area contributed by atoms with Crippen LogP contribution in [0.1, 0.15) is 33.0 Å². The molecule has 1 unspecified atom stereocenters. The standard InChI is InChI=1S/C22H15ClO/c23-20-13-7-4-10-16(20)14-19-21(15-8-2-1-3-9-15)17-11-5-6-12-18(17)22(19)24/h1-14,21H. The quantitative estimate of drug-likeness (QED) is 0.546. The summed E-state index contributed by atoms with van der Waals surface area (Å²) in [6.45, 7) is 0. The molecule has 3 aromatic carbocycles. The minimum absolute atomic E-state index is 0.0498. The minimum Gasteiger partial charge on any atom is -0.289 e. The first-order valence-electron chi connectivity index (χ1n) is 7.90. The average molecular weight is 331 g/mol. The van der Waals surface area contributed by atoms with E-state index in [1.807, 2.05) is 72.8 Å². The number of hydrogen-bond donors (Lipinski definition) is 0. The Hall–Kier alpha value is -2.64. The molecule has 0 N–H and O–H groups in total. The zero-order chi connectivity index (χ0) is 16.5. The van der Waals surface area contributed by atoms with Crippen LogP contribution in [-0.2, 0) is 0 Å². The Morgan fingerprint density at radius 1 is 0.792 bits per heavy atom. The summed E-state index contributed by atoms with van der Waals surface area (Å²) >= 11 is 6.30. The van der Waals surface area contributed by atoms with Crippen LogP contribution in [0.3, 0.4) is 0 Å². The van der Waals surface area contributed by atoms with Gasteiger partial charge in [0.1, 0.15) is 0 Å². The Balaban J connectivity index is 1.92. The molecule has 0 spiro atoms. The van der Waals surface area contributed by atoms with Gasteiger partial charge in [0, 0.05) is 22.1 Å². The molecule has 0 amide bonds. The second-order valence-corrected chi connectivity index (χ2v) is 6.29. The largest absolute Gasteiger partial charge is 0.289 e. The molecule has 0 radical (unpaired) electrons. The number of carbonyl (C=O) groups excluding carboxylic acids is 1. The lowest BCUT2D eigenvalue weighted by atomic mass is 9.89. The van der Waals surface area contributed by atoms with Crippen molar-refractivity contribution in [1.82, 2.24) is 0 Å². The van der Waals surface area contributed by atoms with Gasteiger partial charge in [-0.05, 0) is 28.8 Å². The molecule has 0 aromatic heterocycles. The van der Waals surface area contributed by atoms with Crippen LogP contribution in [0, 0.1) is 0 Å². The van der Waals surface area contributed by atoms with Crippen molar-refractivity contribution in [2.75, 3.05) is 0 Å². The van der Waals surface area contributed by atoms with E-state index in [0.717, 1.165) is 27.8 Å². The zero-order valence-electron chi connectivity index (χ0n) is 12.9. The number of halogens is 1. The normalized spacial score (nSPS) is 18.0. The van der Waals surface area contributed by atoms with Crippen molar-refractivity contribution in [1.29, 1.82) is 0 Å². The monoisotopic (exact) mass is 330 g/mol. The maximum absolute atomic E-state index is 13.0. The topological polar surface area (TPSA) is 17.1 Å². The molecule has 0 saturated heterocycles. The summed E-state index contributed by atoms with van der Waals surface area (Å²) in [7, 11) is 0. The maximum atomic E-state index is 13.0. The average Bonchev–Trinajstić information content (AvgIpc) is 2.90. The molecule has 1 aliphatic rings. The van der Waals surface area contributed by atoms with Crippen LogP contribution >= 0.6 is 11.6 Å². The maximum Gasteiger partial charge on any atom is 0.190 e. The zero-order valence-corrected chi connectivity index (χ0v) is 13.7. The summed E-state index contributed by atoms with van der Waals surface area (Å²) in [6, 6.07) is 25.6. The van der Waals surface area contributed by atoms with Gasteiger partial charge in [-0.3, -0.25) is 4.79 Å². The van der Waals surface area contributed by atoms with E-state index in [2.05, 4.69) is 12.1 Å². The van der Waals surface area contributed by atoms with Crippen LogP contribution in [0.15, 0.2) is 84.4 Å². The lowest BCUT2D eigenvalue weighted by Gasteiger charge is -2.14. The van der Waals surface area contributed by atoms with E-state index in [-0.39, 0.29) is 11.7 Å². The fourth-order valence-electron chi connectivity index (χ4n) is 3.32. The van der Waals surface area contributed by atoms with Gasteiger partial charge in [-0.1, -0.05) is 84.4 Å². The summed E-state index contributed by atoms with van der Waals surface area (Å²) in [6.07, 6.45) is 1.93. The lowest BCUT2D eigenvalue weighted by molar-refractivity contribution is 0.103. The van der Waals surface area contributed by atoms with Crippen molar-refractivity contribution >= 4 is 23.5 Å². The lowest BCUT2D eigenvalue weighted by Crippen LogP contribution is -2.02. The molecule has 2 heteroatoms. The first-order valence-corrected chi connectivity index (χ1v) is 8.28. The van der Waals surface area contributed by atoms with E-state index >= 15 is 0 Å². The third-order valence-corrected chi connectivity index (χ3v) is 4.78. The SMILES string of the molecule is O=C1C(=Cc2ccccc2Cl)C(c2ccccc2)c2ccccc21. The fourth-order valence-corrected chi connectivity index (χ4v) is 3.51. The number of benzene rings is 3. The van der Waals surface area contributed by atoms with Crippen LogP contribution in [0.25, 0.3) is 6.08 Å². The number of carbonyl (C=O) groups is 1. The van der Waals surface area contributed by atoms with Crippen LogP contribution in [-0.4, -0.2) is 5.78 Å². The second kappa shape index (κ2) is 6.10. The summed E-state index contributed by atoms with van der Waals surface area (Å²) in [5, 5.41) is 0.653. The Morgan fingerprint density at radius 2 is 1.46 bits per heavy atom. The highest BCUT2D eigenvalue weighted by Crippen LogP contribution is 2.43. The van der Waals surface area contributed by atoms with Gasteiger partial charge >= 0.3 is 0 Å². The number of Topliss-reactive ketones (excluding diaryl/α,β-unsaturated/α-hetero) is 1. The van der Waals surface area contributed by atoms with Crippen LogP contribution < -0.4 is 0 Å². The molecule has 1 nitrogen and oxygen atoms in total. The van der Waals surface area contributed by atoms with E-state index in [1.165, 1.54) is 0 Å². The molecule has 4 rings (SSSR count). The van der Waals surface area contributed by atoms with Gasteiger partial charge in [0.25, 0.3) is 0 Å². The third-order valence-electron chi connectivity index (χ3n) is 4.44. The molecular formula is C22H15ClO. The highest BCUT2D eigenvalue weighted by molar-refractivity contribution is 6.32. The van der Waals surface area contributed by atoms with Gasteiger partial charge in [-0.2, -0.15) is 0 Å². The predicted octanol–water partition coefficient (Wildman–Crippen LogP) is 5.75. The van der Waals surface area contributed by atoms with Gasteiger partial charge in [0.05, 0.1) is 0 Å². The van der Waals surface area contributed by atoms with E-state index < -0.39 is 0 Å². The van der Waals surface area contributed by atoms with E-state index in [4.69, 9.17) is 11.6 Å². The van der Waals surface area contributed by atoms with Gasteiger partial charge in [0.2, 0.25) is 0 Å². The molecule has 1 aliphatic carbocycles. The summed E-state index contributed by atoms with van der Waals surface area (Å²) in [4.78, 5) is 13.0. The van der Waals surface area contributed by atoms with Crippen molar-refractivity contribution in [3.63, 3.8) is 0 Å². The number of rotatable bonds is 2. The van der Waals surface area contributed by atoms with E-state index in [9.17, 15) is 4.79 Å². The Morgan fingerprint density at radius 3 is 2.25 bits per heavy atom. The third kappa shape index (κ3) is 2.47. The van der Waals surface area contributed by atoms with Crippen LogP contribution in [0.2, 0.25) is 5.02 Å². The highest BCUT2D eigenvalue weighted by atomic mass is 35.5. The number of fused-ring (bicyclic) bond motifs is 1. The molecule has 0 fully saturated rings. The molecule has 24 heavy (non-hydrogen) atoms. The Kier molecular flexibility index (Phi) is 3.79. The van der Waals surface area contributed by atoms with Gasteiger partial charge in [-0.25, -0.2) is 0 Å². The van der Waals surface area contributed by atoms with E-state index in [1.54, 1.807) is 0 Å².